The number of rotatable bonds is 15. The summed E-state index contributed by atoms with van der Waals surface area (Å²) in [5, 5.41) is 15.7. The third-order valence-corrected chi connectivity index (χ3v) is 6.98. The summed E-state index contributed by atoms with van der Waals surface area (Å²) in [7, 11) is 0. The Bertz CT molecular complexity index is 1230. The van der Waals surface area contributed by atoms with Crippen molar-refractivity contribution in [1.29, 1.82) is 0 Å². The molecular weight excluding hydrogens is 542 g/mol. The van der Waals surface area contributed by atoms with Gasteiger partial charge in [-0.05, 0) is 69.9 Å². The first-order valence-corrected chi connectivity index (χ1v) is 15.3. The SMILES string of the molecule is C#Cc1ccccc1C(C(=O)NC(C)CCC)N(CCCCCC)C(=O)C(Cc1ccc(O)cc1)NC(=O)OC(C)(C)C. The summed E-state index contributed by atoms with van der Waals surface area (Å²) in [5.74, 6) is 2.02. The maximum Gasteiger partial charge on any atom is 0.408 e. The number of hydrogen-bond acceptors (Lipinski definition) is 5. The maximum absolute atomic E-state index is 14.6. The molecule has 234 valence electrons. The number of carbonyl (C=O) groups excluding carboxylic acids is 3. The fourth-order valence-electron chi connectivity index (χ4n) is 4.94. The Labute approximate surface area is 257 Å². The fourth-order valence-corrected chi connectivity index (χ4v) is 4.94. The lowest BCUT2D eigenvalue weighted by Crippen LogP contribution is -2.54. The number of nitrogens with zero attached hydrogens (tertiary/aromatic N) is 1. The van der Waals surface area contributed by atoms with Gasteiger partial charge >= 0.3 is 6.09 Å². The summed E-state index contributed by atoms with van der Waals surface area (Å²) in [6, 6.07) is 11.4. The Hall–Kier alpha value is -3.99. The molecule has 0 aliphatic carbocycles. The van der Waals surface area contributed by atoms with Crippen molar-refractivity contribution in [2.45, 2.75) is 110 Å². The molecule has 3 atom stereocenters. The van der Waals surface area contributed by atoms with Gasteiger partial charge in [-0.3, -0.25) is 9.59 Å². The van der Waals surface area contributed by atoms with E-state index >= 15 is 0 Å². The summed E-state index contributed by atoms with van der Waals surface area (Å²) in [5.41, 5.74) is 1.02. The van der Waals surface area contributed by atoms with Crippen LogP contribution in [0.1, 0.15) is 103 Å². The second kappa shape index (κ2) is 17.2. The van der Waals surface area contributed by atoms with Crippen LogP contribution in [0.3, 0.4) is 0 Å². The Morgan fingerprint density at radius 2 is 1.65 bits per heavy atom. The number of hydrogen-bond donors (Lipinski definition) is 3. The van der Waals surface area contributed by atoms with Gasteiger partial charge in [-0.25, -0.2) is 4.79 Å². The smallest absolute Gasteiger partial charge is 0.408 e. The number of alkyl carbamates (subject to hydrolysis) is 1. The average molecular weight is 592 g/mol. The zero-order chi connectivity index (χ0) is 32.0. The summed E-state index contributed by atoms with van der Waals surface area (Å²) in [6.07, 6.45) is 10.5. The van der Waals surface area contributed by atoms with Crippen LogP contribution in [0.15, 0.2) is 48.5 Å². The summed E-state index contributed by atoms with van der Waals surface area (Å²) >= 11 is 0. The van der Waals surface area contributed by atoms with Crippen LogP contribution >= 0.6 is 0 Å². The van der Waals surface area contributed by atoms with Gasteiger partial charge in [0.1, 0.15) is 23.4 Å². The van der Waals surface area contributed by atoms with E-state index in [0.717, 1.165) is 37.7 Å². The number of nitrogens with one attached hydrogen (secondary N) is 2. The number of aromatic hydroxyl groups is 1. The van der Waals surface area contributed by atoms with Crippen LogP contribution in [-0.4, -0.2) is 52.1 Å². The van der Waals surface area contributed by atoms with Crippen LogP contribution in [0, 0.1) is 12.3 Å². The number of phenols is 1. The molecule has 0 aliphatic heterocycles. The van der Waals surface area contributed by atoms with Crippen molar-refractivity contribution in [3.05, 3.63) is 65.2 Å². The van der Waals surface area contributed by atoms with E-state index in [4.69, 9.17) is 11.2 Å². The van der Waals surface area contributed by atoms with Gasteiger partial charge in [0.15, 0.2) is 0 Å². The first-order valence-electron chi connectivity index (χ1n) is 15.3. The van der Waals surface area contributed by atoms with Gasteiger partial charge < -0.3 is 25.4 Å². The molecule has 3 unspecified atom stereocenters. The first kappa shape index (κ1) is 35.2. The van der Waals surface area contributed by atoms with E-state index in [1.54, 1.807) is 62.1 Å². The lowest BCUT2D eigenvalue weighted by molar-refractivity contribution is -0.142. The van der Waals surface area contributed by atoms with Crippen LogP contribution in [0.25, 0.3) is 0 Å². The van der Waals surface area contributed by atoms with E-state index in [0.29, 0.717) is 24.1 Å². The number of benzene rings is 2. The lowest BCUT2D eigenvalue weighted by atomic mass is 9.96. The number of ether oxygens (including phenoxy) is 1. The molecule has 0 fully saturated rings. The Kier molecular flexibility index (Phi) is 14.1. The number of phenolic OH excluding ortho intramolecular Hbond substituents is 1. The molecule has 0 aliphatic rings. The topological polar surface area (TPSA) is 108 Å². The van der Waals surface area contributed by atoms with E-state index in [1.165, 1.54) is 12.1 Å². The molecule has 3 N–H and O–H groups in total. The molecule has 2 aromatic carbocycles. The van der Waals surface area contributed by atoms with E-state index < -0.39 is 29.7 Å². The number of carbonyl (C=O) groups is 3. The van der Waals surface area contributed by atoms with Gasteiger partial charge in [-0.1, -0.05) is 75.8 Å². The summed E-state index contributed by atoms with van der Waals surface area (Å²) < 4.78 is 5.51. The van der Waals surface area contributed by atoms with Crippen molar-refractivity contribution in [2.75, 3.05) is 6.54 Å². The van der Waals surface area contributed by atoms with Crippen molar-refractivity contribution in [3.8, 4) is 18.1 Å². The van der Waals surface area contributed by atoms with Crippen molar-refractivity contribution < 1.29 is 24.2 Å². The Morgan fingerprint density at radius 3 is 2.26 bits per heavy atom. The predicted octanol–water partition coefficient (Wildman–Crippen LogP) is 6.26. The van der Waals surface area contributed by atoms with Crippen LogP contribution in [0.2, 0.25) is 0 Å². The van der Waals surface area contributed by atoms with Gasteiger partial charge in [0.05, 0.1) is 0 Å². The first-order chi connectivity index (χ1) is 20.4. The van der Waals surface area contributed by atoms with E-state index in [9.17, 15) is 19.5 Å². The van der Waals surface area contributed by atoms with Crippen molar-refractivity contribution in [3.63, 3.8) is 0 Å². The van der Waals surface area contributed by atoms with E-state index in [-0.39, 0.29) is 24.1 Å². The second-order valence-electron chi connectivity index (χ2n) is 12.0. The maximum atomic E-state index is 14.6. The van der Waals surface area contributed by atoms with Gasteiger partial charge in [-0.2, -0.15) is 0 Å². The van der Waals surface area contributed by atoms with Crippen LogP contribution in [0.5, 0.6) is 5.75 Å². The molecule has 3 amide bonds. The summed E-state index contributed by atoms with van der Waals surface area (Å²) in [4.78, 5) is 43.2. The molecule has 0 aromatic heterocycles. The average Bonchev–Trinajstić information content (AvgIpc) is 2.94. The third-order valence-electron chi connectivity index (χ3n) is 6.98. The number of unbranched alkanes of at least 4 members (excludes halogenated alkanes) is 3. The normalized spacial score (nSPS) is 13.2. The van der Waals surface area contributed by atoms with Gasteiger partial charge in [0.25, 0.3) is 0 Å². The molecule has 0 spiro atoms. The van der Waals surface area contributed by atoms with Crippen LogP contribution in [-0.2, 0) is 20.7 Å². The Balaban J connectivity index is 2.63. The molecule has 0 bridgehead atoms. The van der Waals surface area contributed by atoms with E-state index in [2.05, 4.69) is 23.5 Å². The highest BCUT2D eigenvalue weighted by atomic mass is 16.6. The molecule has 0 saturated carbocycles. The molecule has 0 radical (unpaired) electrons. The number of amides is 3. The van der Waals surface area contributed by atoms with Gasteiger partial charge in [0, 0.05) is 24.6 Å². The largest absolute Gasteiger partial charge is 0.508 e. The highest BCUT2D eigenvalue weighted by Crippen LogP contribution is 2.27. The van der Waals surface area contributed by atoms with Gasteiger partial charge in [-0.15, -0.1) is 6.42 Å². The zero-order valence-corrected chi connectivity index (χ0v) is 26.6. The molecule has 8 heteroatoms. The molecule has 43 heavy (non-hydrogen) atoms. The lowest BCUT2D eigenvalue weighted by Gasteiger charge is -2.35. The number of terminal acetylenes is 1. The van der Waals surface area contributed by atoms with Crippen LogP contribution in [0.4, 0.5) is 4.79 Å². The molecule has 0 saturated heterocycles. The highest BCUT2D eigenvalue weighted by molar-refractivity contribution is 5.92. The minimum Gasteiger partial charge on any atom is -0.508 e. The monoisotopic (exact) mass is 591 g/mol. The molecular formula is C35H49N3O5. The third kappa shape index (κ3) is 11.7. The van der Waals surface area contributed by atoms with Gasteiger partial charge in [0.2, 0.25) is 11.8 Å². The highest BCUT2D eigenvalue weighted by Gasteiger charge is 2.37. The minimum atomic E-state index is -1.05. The van der Waals surface area contributed by atoms with Crippen LogP contribution < -0.4 is 10.6 Å². The molecule has 0 heterocycles. The quantitative estimate of drug-likeness (QED) is 0.167. The summed E-state index contributed by atoms with van der Waals surface area (Å²) in [6.45, 7) is 11.6. The zero-order valence-electron chi connectivity index (χ0n) is 26.6. The second-order valence-corrected chi connectivity index (χ2v) is 12.0. The molecule has 2 rings (SSSR count). The minimum absolute atomic E-state index is 0.0908. The molecule has 2 aromatic rings. The van der Waals surface area contributed by atoms with Crippen molar-refractivity contribution in [1.82, 2.24) is 15.5 Å². The predicted molar refractivity (Wildman–Crippen MR) is 170 cm³/mol. The fraction of sp³-hybridized carbons (Fsp3) is 0.514. The van der Waals surface area contributed by atoms with E-state index in [1.807, 2.05) is 13.8 Å². The standard InChI is InChI=1S/C35H49N3O5/c1-8-11-12-15-23-38(31(32(40)36-25(4)16-9-2)29-18-14-13-17-27(29)10-3)33(41)30(37-34(42)43-35(5,6)7)24-26-19-21-28(39)22-20-26/h3,13-14,17-22,25,30-31,39H,8-9,11-12,15-16,23-24H2,1-2,4-7H3,(H,36,40)(H,37,42). The Morgan fingerprint density at radius 1 is 0.977 bits per heavy atom. The van der Waals surface area contributed by atoms with Crippen molar-refractivity contribution in [2.24, 2.45) is 0 Å². The van der Waals surface area contributed by atoms with Crippen molar-refractivity contribution >= 4 is 17.9 Å². The molecule has 8 nitrogen and oxygen atoms in total.